The zero-order chi connectivity index (χ0) is 32.6. The molecule has 4 fully saturated rings. The molecule has 12 heteroatoms. The van der Waals surface area contributed by atoms with Gasteiger partial charge in [0.15, 0.2) is 6.73 Å². The summed E-state index contributed by atoms with van der Waals surface area (Å²) in [5.74, 6) is -1.10. The Hall–Kier alpha value is -3.57. The fraction of sp³-hybridized carbons (Fsp3) is 0.429. The number of nitrogens with zero attached hydrogens (tertiary/aromatic N) is 3. The Morgan fingerprint density at radius 1 is 1.02 bits per heavy atom. The molecule has 1 N–H and O–H groups in total. The van der Waals surface area contributed by atoms with Gasteiger partial charge >= 0.3 is 5.97 Å². The van der Waals surface area contributed by atoms with Gasteiger partial charge < -0.3 is 34.0 Å². The zero-order valence-corrected chi connectivity index (χ0v) is 27.3. The van der Waals surface area contributed by atoms with Crippen molar-refractivity contribution in [1.82, 2.24) is 4.90 Å². The van der Waals surface area contributed by atoms with Crippen LogP contribution in [-0.2, 0) is 16.0 Å². The number of fused-ring (bicyclic) bond motifs is 3. The number of hydrogen-bond donors (Lipinski definition) is 1. The van der Waals surface area contributed by atoms with Crippen molar-refractivity contribution < 1.29 is 33.3 Å². The number of ether oxygens (including phenoxy) is 3. The predicted molar refractivity (Wildman–Crippen MR) is 175 cm³/mol. The zero-order valence-electron chi connectivity index (χ0n) is 25.8. The van der Waals surface area contributed by atoms with E-state index in [4.69, 9.17) is 37.4 Å². The average Bonchev–Trinajstić information content (AvgIpc) is 3.28. The Kier molecular flexibility index (Phi) is 7.55. The number of carbonyl (C=O) groups excluding carboxylic acids is 2. The number of halogens is 3. The summed E-state index contributed by atoms with van der Waals surface area (Å²) < 4.78 is 32.8. The topological polar surface area (TPSA) is 91.8 Å². The van der Waals surface area contributed by atoms with E-state index in [1.54, 1.807) is 30.3 Å². The second-order valence-electron chi connectivity index (χ2n) is 13.3. The minimum atomic E-state index is -0.604. The van der Waals surface area contributed by atoms with E-state index in [-0.39, 0.29) is 64.0 Å². The molecule has 47 heavy (non-hydrogen) atoms. The first-order valence-corrected chi connectivity index (χ1v) is 16.7. The van der Waals surface area contributed by atoms with Gasteiger partial charge in [-0.15, -0.1) is 0 Å². The highest BCUT2D eigenvalue weighted by atomic mass is 35.5. The molecule has 1 amide bonds. The van der Waals surface area contributed by atoms with E-state index in [1.807, 2.05) is 6.07 Å². The van der Waals surface area contributed by atoms with E-state index < -0.39 is 11.8 Å². The predicted octanol–water partition coefficient (Wildman–Crippen LogP) is 5.91. The number of benzene rings is 3. The summed E-state index contributed by atoms with van der Waals surface area (Å²) in [6.45, 7) is 2.65. The summed E-state index contributed by atoms with van der Waals surface area (Å²) in [5.41, 5.74) is 3.25. The lowest BCUT2D eigenvalue weighted by Gasteiger charge is -2.59. The maximum Gasteiger partial charge on any atom is 0.340 e. The standard InChI is InChI=1S/C35H34Cl2FN3O6/c1-45-34(44)25-11-28(38)24(12-29(25)41-20-5-6-21(41)15-46-14-20)23-4-2-3-19-13-39(18-47-32(19)23)33(43)31-26(36)9-22(10-27(31)37)40-16-35(17-40)8-7-30(35)42/h2-4,9-12,20-21,30,42H,5-8,13-18H2,1H3. The number of esters is 1. The molecule has 3 aromatic carbocycles. The molecule has 5 aliphatic rings. The first-order chi connectivity index (χ1) is 22.7. The fourth-order valence-corrected chi connectivity index (χ4v) is 8.58. The first kappa shape index (κ1) is 30.7. The highest BCUT2D eigenvalue weighted by molar-refractivity contribution is 6.40. The number of anilines is 2. The normalized spacial score (nSPS) is 23.9. The molecular weight excluding hydrogens is 648 g/mol. The Bertz CT molecular complexity index is 1760. The smallest absolute Gasteiger partial charge is 0.340 e. The lowest BCUT2D eigenvalue weighted by Crippen LogP contribution is -2.66. The molecule has 1 spiro atoms. The van der Waals surface area contributed by atoms with E-state index in [1.165, 1.54) is 18.1 Å². The number of carbonyl (C=O) groups is 2. The molecule has 246 valence electrons. The summed E-state index contributed by atoms with van der Waals surface area (Å²) >= 11 is 13.3. The molecule has 3 aromatic rings. The Labute approximate surface area is 281 Å². The third kappa shape index (κ3) is 4.94. The van der Waals surface area contributed by atoms with Crippen molar-refractivity contribution in [1.29, 1.82) is 0 Å². The van der Waals surface area contributed by atoms with E-state index in [9.17, 15) is 14.7 Å². The summed E-state index contributed by atoms with van der Waals surface area (Å²) in [7, 11) is 1.29. The van der Waals surface area contributed by atoms with Gasteiger partial charge in [-0.05, 0) is 49.9 Å². The Balaban J connectivity index is 1.07. The largest absolute Gasteiger partial charge is 0.472 e. The van der Waals surface area contributed by atoms with Crippen LogP contribution in [0.25, 0.3) is 11.1 Å². The van der Waals surface area contributed by atoms with Gasteiger partial charge in [0.2, 0.25) is 0 Å². The number of amides is 1. The van der Waals surface area contributed by atoms with Gasteiger partial charge in [-0.1, -0.05) is 41.4 Å². The molecule has 2 bridgehead atoms. The molecule has 0 radical (unpaired) electrons. The van der Waals surface area contributed by atoms with Crippen LogP contribution >= 0.6 is 23.2 Å². The van der Waals surface area contributed by atoms with Crippen LogP contribution in [0.2, 0.25) is 10.0 Å². The number of methoxy groups -OCH3 is 1. The third-order valence-electron chi connectivity index (χ3n) is 10.6. The van der Waals surface area contributed by atoms with Gasteiger partial charge in [-0.2, -0.15) is 0 Å². The van der Waals surface area contributed by atoms with Crippen LogP contribution in [0.15, 0.2) is 42.5 Å². The fourth-order valence-electron chi connectivity index (χ4n) is 7.95. The second-order valence-corrected chi connectivity index (χ2v) is 14.1. The van der Waals surface area contributed by atoms with Crippen molar-refractivity contribution in [3.8, 4) is 16.9 Å². The van der Waals surface area contributed by atoms with Crippen LogP contribution in [0.1, 0.15) is 52.0 Å². The minimum Gasteiger partial charge on any atom is -0.472 e. The summed E-state index contributed by atoms with van der Waals surface area (Å²) in [5, 5.41) is 10.6. The number of rotatable bonds is 5. The lowest BCUT2D eigenvalue weighted by atomic mass is 9.61. The van der Waals surface area contributed by atoms with Crippen LogP contribution in [0.5, 0.6) is 5.75 Å². The number of para-hydroxylation sites is 1. The van der Waals surface area contributed by atoms with Crippen LogP contribution in [-0.4, -0.2) is 80.2 Å². The van der Waals surface area contributed by atoms with Gasteiger partial charge in [-0.3, -0.25) is 4.79 Å². The lowest BCUT2D eigenvalue weighted by molar-refractivity contribution is -0.0822. The van der Waals surface area contributed by atoms with Crippen LogP contribution in [0.4, 0.5) is 15.8 Å². The van der Waals surface area contributed by atoms with Crippen molar-refractivity contribution in [2.24, 2.45) is 5.41 Å². The van der Waals surface area contributed by atoms with Gasteiger partial charge in [0.25, 0.3) is 5.91 Å². The van der Waals surface area contributed by atoms with Crippen molar-refractivity contribution in [2.75, 3.05) is 49.9 Å². The summed E-state index contributed by atoms with van der Waals surface area (Å²) in [6.07, 6.45) is 3.41. The molecule has 9 nitrogen and oxygen atoms in total. The van der Waals surface area contributed by atoms with Crippen molar-refractivity contribution in [3.63, 3.8) is 0 Å². The second kappa shape index (κ2) is 11.5. The molecule has 0 aromatic heterocycles. The molecule has 8 rings (SSSR count). The van der Waals surface area contributed by atoms with Gasteiger partial charge in [-0.25, -0.2) is 9.18 Å². The molecule has 3 unspecified atom stereocenters. The molecule has 1 aliphatic carbocycles. The van der Waals surface area contributed by atoms with Gasteiger partial charge in [0.1, 0.15) is 11.6 Å². The molecule has 3 atom stereocenters. The van der Waals surface area contributed by atoms with Gasteiger partial charge in [0.05, 0.1) is 71.9 Å². The van der Waals surface area contributed by atoms with Gasteiger partial charge in [0, 0.05) is 40.9 Å². The molecule has 1 saturated carbocycles. The highest BCUT2D eigenvalue weighted by Gasteiger charge is 2.54. The molecule has 4 heterocycles. The summed E-state index contributed by atoms with van der Waals surface area (Å²) in [4.78, 5) is 32.3. The highest BCUT2D eigenvalue weighted by Crippen LogP contribution is 2.50. The SMILES string of the molecule is COC(=O)c1cc(F)c(-c2cccc3c2OCN(C(=O)c2c(Cl)cc(N4CC5(CCC5O)C4)cc2Cl)C3)cc1N1C2CCC1COC2. The third-order valence-corrected chi connectivity index (χ3v) is 11.2. The number of morpholine rings is 1. The Morgan fingerprint density at radius 2 is 1.74 bits per heavy atom. The number of aliphatic hydroxyl groups excluding tert-OH is 1. The minimum absolute atomic E-state index is 0.0408. The molecule has 4 aliphatic heterocycles. The van der Waals surface area contributed by atoms with E-state index in [0.29, 0.717) is 41.3 Å². The van der Waals surface area contributed by atoms with E-state index >= 15 is 4.39 Å². The molecule has 3 saturated heterocycles. The van der Waals surface area contributed by atoms with Crippen LogP contribution < -0.4 is 14.5 Å². The average molecular weight is 683 g/mol. The maximum atomic E-state index is 15.9. The Morgan fingerprint density at radius 3 is 2.38 bits per heavy atom. The van der Waals surface area contributed by atoms with Crippen LogP contribution in [0.3, 0.4) is 0 Å². The quantitative estimate of drug-likeness (QED) is 0.333. The monoisotopic (exact) mass is 681 g/mol. The summed E-state index contributed by atoms with van der Waals surface area (Å²) in [6, 6.07) is 12.0. The van der Waals surface area contributed by atoms with Crippen molar-refractivity contribution in [2.45, 2.75) is 50.4 Å². The van der Waals surface area contributed by atoms with Crippen molar-refractivity contribution >= 4 is 46.5 Å². The van der Waals surface area contributed by atoms with E-state index in [2.05, 4.69) is 9.80 Å². The number of hydrogen-bond acceptors (Lipinski definition) is 8. The molecular formula is C35H34Cl2FN3O6. The first-order valence-electron chi connectivity index (χ1n) is 15.9. The number of aliphatic hydroxyl groups is 1. The van der Waals surface area contributed by atoms with E-state index in [0.717, 1.165) is 44.5 Å². The van der Waals surface area contributed by atoms with Crippen LogP contribution in [0, 0.1) is 11.2 Å². The maximum absolute atomic E-state index is 15.9. The van der Waals surface area contributed by atoms with Crippen molar-refractivity contribution in [3.05, 3.63) is 75.0 Å².